The van der Waals surface area contributed by atoms with E-state index >= 15 is 0 Å². The van der Waals surface area contributed by atoms with E-state index in [0.717, 1.165) is 25.2 Å². The van der Waals surface area contributed by atoms with Gasteiger partial charge in [0.25, 0.3) is 0 Å². The summed E-state index contributed by atoms with van der Waals surface area (Å²) >= 11 is 0. The lowest BCUT2D eigenvalue weighted by Crippen LogP contribution is -2.39. The number of hydrogen-bond donors (Lipinski definition) is 0. The molecule has 0 bridgehead atoms. The van der Waals surface area contributed by atoms with Crippen LogP contribution in [0.5, 0.6) is 0 Å². The van der Waals surface area contributed by atoms with Crippen molar-refractivity contribution in [2.75, 3.05) is 33.1 Å². The standard InChI is InChI=1S/C12H21N3O3S/c1-18-9-8-14-7-5-13-12(14)11-4-3-6-15(10-11)19(2,16)17/h5,7,11H,3-4,6,8-10H2,1-2H3. The van der Waals surface area contributed by atoms with Gasteiger partial charge in [0.1, 0.15) is 5.82 Å². The van der Waals surface area contributed by atoms with Gasteiger partial charge in [0.05, 0.1) is 12.9 Å². The quantitative estimate of drug-likeness (QED) is 0.798. The molecule has 19 heavy (non-hydrogen) atoms. The zero-order valence-corrected chi connectivity index (χ0v) is 12.3. The summed E-state index contributed by atoms with van der Waals surface area (Å²) in [5.74, 6) is 1.14. The van der Waals surface area contributed by atoms with Crippen LogP contribution in [0.15, 0.2) is 12.4 Å². The van der Waals surface area contributed by atoms with Gasteiger partial charge in [-0.2, -0.15) is 0 Å². The summed E-state index contributed by atoms with van der Waals surface area (Å²) in [7, 11) is -1.44. The van der Waals surface area contributed by atoms with Crippen LogP contribution in [-0.4, -0.2) is 55.3 Å². The Hall–Kier alpha value is -0.920. The largest absolute Gasteiger partial charge is 0.383 e. The van der Waals surface area contributed by atoms with Gasteiger partial charge in [0, 0.05) is 45.1 Å². The molecule has 1 saturated heterocycles. The highest BCUT2D eigenvalue weighted by molar-refractivity contribution is 7.88. The fraction of sp³-hybridized carbons (Fsp3) is 0.750. The molecule has 2 rings (SSSR count). The van der Waals surface area contributed by atoms with Gasteiger partial charge in [-0.25, -0.2) is 17.7 Å². The maximum atomic E-state index is 11.6. The first-order valence-corrected chi connectivity index (χ1v) is 8.32. The second kappa shape index (κ2) is 6.02. The molecule has 108 valence electrons. The van der Waals surface area contributed by atoms with Crippen LogP contribution in [-0.2, 0) is 21.3 Å². The second-order valence-corrected chi connectivity index (χ2v) is 6.91. The van der Waals surface area contributed by atoms with Gasteiger partial charge in [0.15, 0.2) is 0 Å². The minimum absolute atomic E-state index is 0.176. The number of rotatable bonds is 5. The number of ether oxygens (including phenoxy) is 1. The zero-order chi connectivity index (χ0) is 13.9. The summed E-state index contributed by atoms with van der Waals surface area (Å²) in [6.07, 6.45) is 6.83. The van der Waals surface area contributed by atoms with E-state index in [1.165, 1.54) is 6.26 Å². The van der Waals surface area contributed by atoms with Gasteiger partial charge in [-0.15, -0.1) is 0 Å². The highest BCUT2D eigenvalue weighted by Crippen LogP contribution is 2.26. The van der Waals surface area contributed by atoms with Crippen LogP contribution in [0.4, 0.5) is 0 Å². The maximum Gasteiger partial charge on any atom is 0.211 e. The van der Waals surface area contributed by atoms with Crippen molar-refractivity contribution >= 4 is 10.0 Å². The Kier molecular flexibility index (Phi) is 4.59. The first-order valence-electron chi connectivity index (χ1n) is 6.47. The summed E-state index contributed by atoms with van der Waals surface area (Å²) in [4.78, 5) is 4.40. The molecule has 1 aromatic heterocycles. The molecule has 0 saturated carbocycles. The summed E-state index contributed by atoms with van der Waals surface area (Å²) < 4.78 is 32.0. The van der Waals surface area contributed by atoms with E-state index in [-0.39, 0.29) is 5.92 Å². The third-order valence-electron chi connectivity index (χ3n) is 3.50. The number of aromatic nitrogens is 2. The lowest BCUT2D eigenvalue weighted by Gasteiger charge is -2.30. The molecule has 6 nitrogen and oxygen atoms in total. The van der Waals surface area contributed by atoms with Crippen molar-refractivity contribution in [2.45, 2.75) is 25.3 Å². The predicted octanol–water partition coefficient (Wildman–Crippen LogP) is 0.669. The SMILES string of the molecule is COCCn1ccnc1C1CCCN(S(C)(=O)=O)C1. The number of imidazole rings is 1. The van der Waals surface area contributed by atoms with Crippen LogP contribution in [0.1, 0.15) is 24.6 Å². The van der Waals surface area contributed by atoms with E-state index < -0.39 is 10.0 Å². The van der Waals surface area contributed by atoms with Crippen LogP contribution in [0.3, 0.4) is 0 Å². The third-order valence-corrected chi connectivity index (χ3v) is 4.77. The molecule has 1 fully saturated rings. The fourth-order valence-corrected chi connectivity index (χ4v) is 3.43. The highest BCUT2D eigenvalue weighted by Gasteiger charge is 2.29. The Balaban J connectivity index is 2.11. The molecule has 1 aliphatic rings. The molecule has 1 atom stereocenters. The normalized spacial score (nSPS) is 21.7. The number of hydrogen-bond acceptors (Lipinski definition) is 4. The van der Waals surface area contributed by atoms with Crippen LogP contribution in [0.2, 0.25) is 0 Å². The molecule has 1 unspecified atom stereocenters. The summed E-state index contributed by atoms with van der Waals surface area (Å²) in [5.41, 5.74) is 0. The van der Waals surface area contributed by atoms with Gasteiger partial charge in [-0.05, 0) is 12.8 Å². The molecule has 0 spiro atoms. The smallest absolute Gasteiger partial charge is 0.211 e. The number of methoxy groups -OCH3 is 1. The Morgan fingerprint density at radius 2 is 2.32 bits per heavy atom. The zero-order valence-electron chi connectivity index (χ0n) is 11.4. The topological polar surface area (TPSA) is 64.4 Å². The van der Waals surface area contributed by atoms with Crippen molar-refractivity contribution in [1.82, 2.24) is 13.9 Å². The van der Waals surface area contributed by atoms with Gasteiger partial charge in [0.2, 0.25) is 10.0 Å². The van der Waals surface area contributed by atoms with Crippen LogP contribution in [0, 0.1) is 0 Å². The molecule has 0 N–H and O–H groups in total. The molecule has 2 heterocycles. The average Bonchev–Trinajstić information content (AvgIpc) is 2.83. The predicted molar refractivity (Wildman–Crippen MR) is 72.5 cm³/mol. The first-order chi connectivity index (χ1) is 9.02. The Morgan fingerprint density at radius 3 is 3.00 bits per heavy atom. The van der Waals surface area contributed by atoms with Crippen molar-refractivity contribution in [3.63, 3.8) is 0 Å². The molecule has 0 radical (unpaired) electrons. The Bertz CT molecular complexity index is 512. The van der Waals surface area contributed by atoms with Crippen LogP contribution in [0.25, 0.3) is 0 Å². The average molecular weight is 287 g/mol. The fourth-order valence-electron chi connectivity index (χ4n) is 2.51. The van der Waals surface area contributed by atoms with Crippen molar-refractivity contribution in [1.29, 1.82) is 0 Å². The van der Waals surface area contributed by atoms with Gasteiger partial charge < -0.3 is 9.30 Å². The molecule has 0 aliphatic carbocycles. The maximum absolute atomic E-state index is 11.6. The van der Waals surface area contributed by atoms with Crippen molar-refractivity contribution in [3.05, 3.63) is 18.2 Å². The minimum Gasteiger partial charge on any atom is -0.383 e. The monoisotopic (exact) mass is 287 g/mol. The van der Waals surface area contributed by atoms with Crippen LogP contribution < -0.4 is 0 Å². The lowest BCUT2D eigenvalue weighted by atomic mass is 9.99. The van der Waals surface area contributed by atoms with Crippen molar-refractivity contribution in [3.8, 4) is 0 Å². The van der Waals surface area contributed by atoms with E-state index in [4.69, 9.17) is 4.74 Å². The van der Waals surface area contributed by atoms with E-state index in [1.54, 1.807) is 17.6 Å². The summed E-state index contributed by atoms with van der Waals surface area (Å²) in [6, 6.07) is 0. The summed E-state index contributed by atoms with van der Waals surface area (Å²) in [5, 5.41) is 0. The summed E-state index contributed by atoms with van der Waals surface area (Å²) in [6.45, 7) is 2.53. The highest BCUT2D eigenvalue weighted by atomic mass is 32.2. The van der Waals surface area contributed by atoms with Gasteiger partial charge in [-0.1, -0.05) is 0 Å². The number of nitrogens with zero attached hydrogens (tertiary/aromatic N) is 3. The minimum atomic E-state index is -3.11. The van der Waals surface area contributed by atoms with E-state index in [1.807, 2.05) is 6.20 Å². The number of sulfonamides is 1. The van der Waals surface area contributed by atoms with E-state index in [0.29, 0.717) is 19.7 Å². The molecule has 1 aliphatic heterocycles. The molecule has 7 heteroatoms. The molecule has 1 aromatic rings. The van der Waals surface area contributed by atoms with Crippen molar-refractivity contribution < 1.29 is 13.2 Å². The van der Waals surface area contributed by atoms with E-state index in [2.05, 4.69) is 9.55 Å². The molecular formula is C12H21N3O3S. The molecule has 0 aromatic carbocycles. The first kappa shape index (κ1) is 14.5. The molecule has 0 amide bonds. The van der Waals surface area contributed by atoms with Gasteiger partial charge in [-0.3, -0.25) is 0 Å². The lowest BCUT2D eigenvalue weighted by molar-refractivity contribution is 0.184. The van der Waals surface area contributed by atoms with Gasteiger partial charge >= 0.3 is 0 Å². The van der Waals surface area contributed by atoms with E-state index in [9.17, 15) is 8.42 Å². The third kappa shape index (κ3) is 3.55. The Labute approximate surface area is 114 Å². The van der Waals surface area contributed by atoms with Crippen LogP contribution >= 0.6 is 0 Å². The molecular weight excluding hydrogens is 266 g/mol. The second-order valence-electron chi connectivity index (χ2n) is 4.93. The number of piperidine rings is 1. The Morgan fingerprint density at radius 1 is 1.53 bits per heavy atom. The van der Waals surface area contributed by atoms with Crippen molar-refractivity contribution in [2.24, 2.45) is 0 Å².